The fraction of sp³-hybridized carbons (Fsp3) is 0.346. The molecule has 1 aliphatic heterocycles. The lowest BCUT2D eigenvalue weighted by Crippen LogP contribution is -2.46. The van der Waals surface area contributed by atoms with Gasteiger partial charge in [-0.15, -0.1) is 6.58 Å². The first kappa shape index (κ1) is 22.5. The van der Waals surface area contributed by atoms with E-state index in [0.29, 0.717) is 22.9 Å². The molecule has 186 valence electrons. The number of anilines is 3. The standard InChI is InChI=1S/C26H29FN8O/c1-3-8-34-9-11-35(12-10-34)24-15-22(29-23-14-20(32-33-23)17-4-5-17)30-26(31-24)36-21-7-6-19-18(25(21)27)13-16(2)28-19/h3,6-7,13-15,17,28H,1,4-5,8-12H2,2H3,(H2,29,30,31,32,33). The van der Waals surface area contributed by atoms with Crippen LogP contribution in [0.2, 0.25) is 0 Å². The van der Waals surface area contributed by atoms with E-state index in [0.717, 1.165) is 55.4 Å². The Hall–Kier alpha value is -3.92. The average Bonchev–Trinajstić information content (AvgIpc) is 3.50. The minimum Gasteiger partial charge on any atom is -0.421 e. The van der Waals surface area contributed by atoms with Gasteiger partial charge in [0.15, 0.2) is 17.4 Å². The minimum absolute atomic E-state index is 0.0759. The van der Waals surface area contributed by atoms with E-state index in [1.54, 1.807) is 18.2 Å². The number of benzene rings is 1. The fourth-order valence-corrected chi connectivity index (χ4v) is 4.63. The van der Waals surface area contributed by atoms with Crippen molar-refractivity contribution in [3.8, 4) is 11.8 Å². The zero-order chi connectivity index (χ0) is 24.6. The van der Waals surface area contributed by atoms with Crippen molar-refractivity contribution in [3.63, 3.8) is 0 Å². The van der Waals surface area contributed by atoms with Gasteiger partial charge in [-0.05, 0) is 38.0 Å². The lowest BCUT2D eigenvalue weighted by molar-refractivity contribution is 0.283. The Kier molecular flexibility index (Phi) is 5.80. The SMILES string of the molecule is C=CCN1CCN(c2cc(Nc3cc(C4CC4)[nH]n3)nc(Oc3ccc4[nH]c(C)cc4c3F)n2)CC1. The molecule has 3 aromatic heterocycles. The van der Waals surface area contributed by atoms with E-state index in [-0.39, 0.29) is 11.8 Å². The maximum Gasteiger partial charge on any atom is 0.326 e. The Morgan fingerprint density at radius 3 is 2.75 bits per heavy atom. The van der Waals surface area contributed by atoms with Crippen molar-refractivity contribution >= 4 is 28.4 Å². The smallest absolute Gasteiger partial charge is 0.326 e. The summed E-state index contributed by atoms with van der Waals surface area (Å²) in [5, 5.41) is 11.2. The average molecular weight is 489 g/mol. The van der Waals surface area contributed by atoms with Crippen LogP contribution in [0.15, 0.2) is 43.0 Å². The van der Waals surface area contributed by atoms with Gasteiger partial charge in [-0.25, -0.2) is 4.39 Å². The number of aromatic amines is 2. The predicted molar refractivity (Wildman–Crippen MR) is 138 cm³/mol. The molecule has 6 rings (SSSR count). The van der Waals surface area contributed by atoms with Crippen LogP contribution in [0.5, 0.6) is 11.8 Å². The van der Waals surface area contributed by atoms with E-state index in [9.17, 15) is 0 Å². The first-order valence-electron chi connectivity index (χ1n) is 12.3. The number of aromatic nitrogens is 5. The van der Waals surface area contributed by atoms with E-state index in [1.807, 2.05) is 25.1 Å². The second-order valence-corrected chi connectivity index (χ2v) is 9.47. The molecule has 36 heavy (non-hydrogen) atoms. The van der Waals surface area contributed by atoms with Gasteiger partial charge in [0.05, 0.1) is 0 Å². The molecular formula is C26H29FN8O. The number of piperazine rings is 1. The van der Waals surface area contributed by atoms with Crippen molar-refractivity contribution < 1.29 is 9.13 Å². The summed E-state index contributed by atoms with van der Waals surface area (Å²) in [5.41, 5.74) is 2.72. The number of nitrogens with one attached hydrogen (secondary N) is 3. The number of halogens is 1. The van der Waals surface area contributed by atoms with Crippen molar-refractivity contribution in [1.29, 1.82) is 0 Å². The number of aryl methyl sites for hydroxylation is 1. The van der Waals surface area contributed by atoms with Crippen LogP contribution < -0.4 is 15.0 Å². The van der Waals surface area contributed by atoms with Gasteiger partial charge in [0.1, 0.15) is 11.6 Å². The largest absolute Gasteiger partial charge is 0.421 e. The Labute approximate surface area is 208 Å². The second kappa shape index (κ2) is 9.27. The van der Waals surface area contributed by atoms with Crippen molar-refractivity contribution in [3.05, 3.63) is 60.2 Å². The molecule has 0 amide bonds. The highest BCUT2D eigenvalue weighted by atomic mass is 19.1. The van der Waals surface area contributed by atoms with E-state index in [2.05, 4.69) is 46.8 Å². The molecule has 0 atom stereocenters. The third-order valence-electron chi connectivity index (χ3n) is 6.68. The summed E-state index contributed by atoms with van der Waals surface area (Å²) >= 11 is 0. The number of nitrogens with zero attached hydrogens (tertiary/aromatic N) is 5. The summed E-state index contributed by atoms with van der Waals surface area (Å²) in [6.45, 7) is 10.0. The van der Waals surface area contributed by atoms with Crippen LogP contribution in [0.1, 0.15) is 30.1 Å². The maximum absolute atomic E-state index is 15.2. The molecule has 4 heterocycles. The van der Waals surface area contributed by atoms with Crippen LogP contribution in [-0.4, -0.2) is 62.8 Å². The van der Waals surface area contributed by atoms with E-state index in [1.165, 1.54) is 12.8 Å². The number of hydrogen-bond donors (Lipinski definition) is 3. The molecule has 1 aliphatic carbocycles. The van der Waals surface area contributed by atoms with Gasteiger partial charge in [0.2, 0.25) is 0 Å². The Bertz CT molecular complexity index is 1400. The third kappa shape index (κ3) is 4.64. The molecule has 3 N–H and O–H groups in total. The van der Waals surface area contributed by atoms with Crippen molar-refractivity contribution in [2.75, 3.05) is 42.9 Å². The lowest BCUT2D eigenvalue weighted by atomic mass is 10.2. The Morgan fingerprint density at radius 1 is 1.14 bits per heavy atom. The van der Waals surface area contributed by atoms with Gasteiger partial charge in [-0.3, -0.25) is 10.00 Å². The van der Waals surface area contributed by atoms with Gasteiger partial charge in [0, 0.05) is 73.1 Å². The summed E-state index contributed by atoms with van der Waals surface area (Å²) in [4.78, 5) is 16.9. The van der Waals surface area contributed by atoms with Crippen LogP contribution in [0.3, 0.4) is 0 Å². The monoisotopic (exact) mass is 488 g/mol. The number of H-pyrrole nitrogens is 2. The highest BCUT2D eigenvalue weighted by Crippen LogP contribution is 2.40. The van der Waals surface area contributed by atoms with Gasteiger partial charge >= 0.3 is 6.01 Å². The van der Waals surface area contributed by atoms with E-state index >= 15 is 4.39 Å². The molecule has 4 aromatic rings. The molecule has 2 fully saturated rings. The number of rotatable bonds is 8. The molecular weight excluding hydrogens is 459 g/mol. The van der Waals surface area contributed by atoms with Crippen LogP contribution in [0, 0.1) is 12.7 Å². The second-order valence-electron chi connectivity index (χ2n) is 9.47. The molecule has 0 bridgehead atoms. The third-order valence-corrected chi connectivity index (χ3v) is 6.68. The number of ether oxygens (including phenoxy) is 1. The summed E-state index contributed by atoms with van der Waals surface area (Å²) in [5.74, 6) is 2.14. The van der Waals surface area contributed by atoms with E-state index in [4.69, 9.17) is 4.74 Å². The number of fused-ring (bicyclic) bond motifs is 1. The van der Waals surface area contributed by atoms with Crippen LogP contribution in [0.4, 0.5) is 21.8 Å². The van der Waals surface area contributed by atoms with E-state index < -0.39 is 5.82 Å². The predicted octanol–water partition coefficient (Wildman–Crippen LogP) is 4.85. The fourth-order valence-electron chi connectivity index (χ4n) is 4.63. The Morgan fingerprint density at radius 2 is 1.97 bits per heavy atom. The van der Waals surface area contributed by atoms with Crippen LogP contribution in [0.25, 0.3) is 10.9 Å². The lowest BCUT2D eigenvalue weighted by Gasteiger charge is -2.34. The molecule has 2 aliphatic rings. The van der Waals surface area contributed by atoms with Crippen molar-refractivity contribution in [2.24, 2.45) is 0 Å². The summed E-state index contributed by atoms with van der Waals surface area (Å²) in [6.07, 6.45) is 4.29. The Balaban J connectivity index is 1.30. The zero-order valence-corrected chi connectivity index (χ0v) is 20.2. The molecule has 9 nitrogen and oxygen atoms in total. The zero-order valence-electron chi connectivity index (χ0n) is 20.2. The highest BCUT2D eigenvalue weighted by Gasteiger charge is 2.26. The number of hydrogen-bond acceptors (Lipinski definition) is 7. The molecule has 0 spiro atoms. The maximum atomic E-state index is 15.2. The quantitative estimate of drug-likeness (QED) is 0.305. The van der Waals surface area contributed by atoms with Gasteiger partial charge in [-0.2, -0.15) is 15.1 Å². The minimum atomic E-state index is -0.445. The van der Waals surface area contributed by atoms with Gasteiger partial charge < -0.3 is 19.9 Å². The van der Waals surface area contributed by atoms with Crippen molar-refractivity contribution in [2.45, 2.75) is 25.7 Å². The van der Waals surface area contributed by atoms with Gasteiger partial charge in [-0.1, -0.05) is 6.08 Å². The highest BCUT2D eigenvalue weighted by molar-refractivity contribution is 5.82. The normalized spacial score (nSPS) is 16.4. The summed E-state index contributed by atoms with van der Waals surface area (Å²) < 4.78 is 21.1. The molecule has 1 aromatic carbocycles. The molecule has 0 unspecified atom stereocenters. The summed E-state index contributed by atoms with van der Waals surface area (Å²) in [7, 11) is 0. The molecule has 1 saturated carbocycles. The molecule has 10 heteroatoms. The first-order chi connectivity index (χ1) is 17.6. The summed E-state index contributed by atoms with van der Waals surface area (Å²) in [6, 6.07) is 9.13. The molecule has 1 saturated heterocycles. The van der Waals surface area contributed by atoms with Gasteiger partial charge in [0.25, 0.3) is 0 Å². The molecule has 0 radical (unpaired) electrons. The topological polar surface area (TPSA) is 98.0 Å². The van der Waals surface area contributed by atoms with Crippen molar-refractivity contribution in [1.82, 2.24) is 30.0 Å². The van der Waals surface area contributed by atoms with Crippen LogP contribution in [-0.2, 0) is 0 Å². The first-order valence-corrected chi connectivity index (χ1v) is 12.3. The van der Waals surface area contributed by atoms with Crippen LogP contribution >= 0.6 is 0 Å².